The molecular weight excluding hydrogens is 366 g/mol. The Morgan fingerprint density at radius 2 is 2.14 bits per heavy atom. The first-order valence-electron chi connectivity index (χ1n) is 10.1. The Kier molecular flexibility index (Phi) is 6.00. The minimum absolute atomic E-state index is 0.0967. The van der Waals surface area contributed by atoms with Crippen LogP contribution in [-0.4, -0.2) is 37.2 Å². The van der Waals surface area contributed by atoms with Gasteiger partial charge in [-0.1, -0.05) is 30.3 Å². The standard InChI is InChI=1S/C21H27N7O/c22-18(10-15-4-2-1-3-5-15)21-26-19(11-16-6-7-16)27-28(21)13-20(29)24-9-8-17-12-23-14-25-17/h1-5,12,14,16,18H,6-11,13,22H2,(H,23,25)(H,24,29)/t18-/m1/s1. The van der Waals surface area contributed by atoms with Gasteiger partial charge in [0.1, 0.15) is 12.4 Å². The third kappa shape index (κ3) is 5.51. The lowest BCUT2D eigenvalue weighted by molar-refractivity contribution is -0.121. The number of H-pyrrole nitrogens is 1. The molecule has 1 atom stereocenters. The lowest BCUT2D eigenvalue weighted by Crippen LogP contribution is -2.31. The van der Waals surface area contributed by atoms with E-state index in [4.69, 9.17) is 10.7 Å². The monoisotopic (exact) mass is 393 g/mol. The number of benzene rings is 1. The largest absolute Gasteiger partial charge is 0.354 e. The van der Waals surface area contributed by atoms with Gasteiger partial charge in [-0.3, -0.25) is 4.79 Å². The predicted molar refractivity (Wildman–Crippen MR) is 109 cm³/mol. The van der Waals surface area contributed by atoms with Gasteiger partial charge in [0.15, 0.2) is 5.82 Å². The van der Waals surface area contributed by atoms with Crippen LogP contribution in [0.1, 0.15) is 41.8 Å². The van der Waals surface area contributed by atoms with E-state index in [0.29, 0.717) is 31.1 Å². The van der Waals surface area contributed by atoms with Gasteiger partial charge in [-0.05, 0) is 30.7 Å². The van der Waals surface area contributed by atoms with E-state index in [0.717, 1.165) is 23.5 Å². The number of aromatic amines is 1. The maximum Gasteiger partial charge on any atom is 0.241 e. The molecule has 152 valence electrons. The summed E-state index contributed by atoms with van der Waals surface area (Å²) in [4.78, 5) is 24.2. The Labute approximate surface area is 169 Å². The molecule has 0 spiro atoms. The van der Waals surface area contributed by atoms with Gasteiger partial charge in [0.25, 0.3) is 0 Å². The van der Waals surface area contributed by atoms with E-state index in [9.17, 15) is 4.79 Å². The van der Waals surface area contributed by atoms with Crippen molar-refractivity contribution in [2.24, 2.45) is 11.7 Å². The average Bonchev–Trinajstić information content (AvgIpc) is 3.20. The van der Waals surface area contributed by atoms with Gasteiger partial charge in [0.2, 0.25) is 5.91 Å². The minimum atomic E-state index is -0.310. The summed E-state index contributed by atoms with van der Waals surface area (Å²) in [7, 11) is 0. The second kappa shape index (κ2) is 9.00. The zero-order chi connectivity index (χ0) is 20.1. The zero-order valence-corrected chi connectivity index (χ0v) is 16.4. The summed E-state index contributed by atoms with van der Waals surface area (Å²) in [5.74, 6) is 2.04. The van der Waals surface area contributed by atoms with E-state index in [-0.39, 0.29) is 18.5 Å². The molecule has 3 aromatic rings. The van der Waals surface area contributed by atoms with Crippen LogP contribution in [0.25, 0.3) is 0 Å². The summed E-state index contributed by atoms with van der Waals surface area (Å²) >= 11 is 0. The van der Waals surface area contributed by atoms with E-state index in [1.807, 2.05) is 30.3 Å². The molecule has 29 heavy (non-hydrogen) atoms. The van der Waals surface area contributed by atoms with E-state index < -0.39 is 0 Å². The SMILES string of the molecule is N[C@H](Cc1ccccc1)c1nc(CC2CC2)nn1CC(=O)NCCc1cnc[nH]1. The van der Waals surface area contributed by atoms with Gasteiger partial charge >= 0.3 is 0 Å². The molecule has 0 aliphatic heterocycles. The summed E-state index contributed by atoms with van der Waals surface area (Å²) in [6.07, 6.45) is 8.07. The first-order valence-corrected chi connectivity index (χ1v) is 10.1. The van der Waals surface area contributed by atoms with Gasteiger partial charge in [0.05, 0.1) is 12.4 Å². The number of nitrogens with two attached hydrogens (primary N) is 1. The molecule has 0 radical (unpaired) electrons. The quantitative estimate of drug-likeness (QED) is 0.483. The number of nitrogens with one attached hydrogen (secondary N) is 2. The van der Waals surface area contributed by atoms with Crippen LogP contribution in [0.3, 0.4) is 0 Å². The van der Waals surface area contributed by atoms with Gasteiger partial charge in [0, 0.05) is 31.3 Å². The van der Waals surface area contributed by atoms with Crippen LogP contribution < -0.4 is 11.1 Å². The van der Waals surface area contributed by atoms with E-state index >= 15 is 0 Å². The van der Waals surface area contributed by atoms with Crippen LogP contribution in [0, 0.1) is 5.92 Å². The van der Waals surface area contributed by atoms with Crippen LogP contribution >= 0.6 is 0 Å². The molecule has 0 saturated heterocycles. The molecule has 0 bridgehead atoms. The summed E-state index contributed by atoms with van der Waals surface area (Å²) in [5, 5.41) is 7.53. The van der Waals surface area contributed by atoms with Crippen LogP contribution in [-0.2, 0) is 30.6 Å². The third-order valence-corrected chi connectivity index (χ3v) is 5.11. The molecule has 4 rings (SSSR count). The maximum atomic E-state index is 12.5. The smallest absolute Gasteiger partial charge is 0.241 e. The van der Waals surface area contributed by atoms with Crippen molar-refractivity contribution in [3.8, 4) is 0 Å². The minimum Gasteiger partial charge on any atom is -0.354 e. The van der Waals surface area contributed by atoms with Gasteiger partial charge < -0.3 is 16.0 Å². The molecule has 1 aliphatic rings. The number of carbonyl (C=O) groups is 1. The highest BCUT2D eigenvalue weighted by Gasteiger charge is 2.26. The number of amides is 1. The van der Waals surface area contributed by atoms with Crippen molar-refractivity contribution in [3.05, 3.63) is 65.8 Å². The molecule has 8 nitrogen and oxygen atoms in total. The summed E-state index contributed by atoms with van der Waals surface area (Å²) in [6.45, 7) is 0.661. The van der Waals surface area contributed by atoms with E-state index in [1.165, 1.54) is 12.8 Å². The molecule has 1 saturated carbocycles. The zero-order valence-electron chi connectivity index (χ0n) is 16.4. The second-order valence-electron chi connectivity index (χ2n) is 7.66. The Balaban J connectivity index is 1.40. The highest BCUT2D eigenvalue weighted by molar-refractivity contribution is 5.75. The Morgan fingerprint density at radius 3 is 2.86 bits per heavy atom. The fraction of sp³-hybridized carbons (Fsp3) is 0.429. The van der Waals surface area contributed by atoms with Crippen LogP contribution in [0.4, 0.5) is 0 Å². The number of carbonyl (C=O) groups excluding carboxylic acids is 1. The lowest BCUT2D eigenvalue weighted by Gasteiger charge is -2.13. The van der Waals surface area contributed by atoms with Crippen LogP contribution in [0.2, 0.25) is 0 Å². The second-order valence-corrected chi connectivity index (χ2v) is 7.66. The fourth-order valence-electron chi connectivity index (χ4n) is 3.37. The predicted octanol–water partition coefficient (Wildman–Crippen LogP) is 1.56. The summed E-state index contributed by atoms with van der Waals surface area (Å²) in [5.41, 5.74) is 8.59. The number of hydrogen-bond acceptors (Lipinski definition) is 5. The molecule has 8 heteroatoms. The van der Waals surface area contributed by atoms with Crippen molar-refractivity contribution in [1.29, 1.82) is 0 Å². The van der Waals surface area contributed by atoms with Gasteiger partial charge in [-0.25, -0.2) is 14.6 Å². The Bertz CT molecular complexity index is 916. The van der Waals surface area contributed by atoms with Crippen molar-refractivity contribution >= 4 is 5.91 Å². The van der Waals surface area contributed by atoms with Crippen molar-refractivity contribution in [2.45, 2.75) is 44.7 Å². The highest BCUT2D eigenvalue weighted by atomic mass is 16.2. The number of imidazole rings is 1. The molecule has 4 N–H and O–H groups in total. The number of nitrogens with zero attached hydrogens (tertiary/aromatic N) is 4. The Morgan fingerprint density at radius 1 is 1.31 bits per heavy atom. The first kappa shape index (κ1) is 19.3. The average molecular weight is 393 g/mol. The van der Waals surface area contributed by atoms with Crippen molar-refractivity contribution in [1.82, 2.24) is 30.0 Å². The fourth-order valence-corrected chi connectivity index (χ4v) is 3.37. The topological polar surface area (TPSA) is 115 Å². The molecule has 1 amide bonds. The molecular formula is C21H27N7O. The van der Waals surface area contributed by atoms with Gasteiger partial charge in [-0.15, -0.1) is 0 Å². The molecule has 0 unspecified atom stereocenters. The molecule has 1 aromatic carbocycles. The van der Waals surface area contributed by atoms with Crippen molar-refractivity contribution < 1.29 is 4.79 Å². The normalized spacial score (nSPS) is 14.7. The van der Waals surface area contributed by atoms with E-state index in [1.54, 1.807) is 17.2 Å². The van der Waals surface area contributed by atoms with Crippen LogP contribution in [0.15, 0.2) is 42.9 Å². The number of aromatic nitrogens is 5. The molecule has 2 aromatic heterocycles. The Hall–Kier alpha value is -3.00. The molecule has 1 fully saturated rings. The summed E-state index contributed by atoms with van der Waals surface area (Å²) in [6, 6.07) is 9.77. The van der Waals surface area contributed by atoms with Gasteiger partial charge in [-0.2, -0.15) is 5.10 Å². The molecule has 2 heterocycles. The highest BCUT2D eigenvalue weighted by Crippen LogP contribution is 2.32. The maximum absolute atomic E-state index is 12.5. The van der Waals surface area contributed by atoms with Crippen LogP contribution in [0.5, 0.6) is 0 Å². The first-order chi connectivity index (χ1) is 14.2. The summed E-state index contributed by atoms with van der Waals surface area (Å²) < 4.78 is 1.68. The molecule has 1 aliphatic carbocycles. The third-order valence-electron chi connectivity index (χ3n) is 5.11. The lowest BCUT2D eigenvalue weighted by atomic mass is 10.1. The number of rotatable bonds is 10. The van der Waals surface area contributed by atoms with Crippen molar-refractivity contribution in [3.63, 3.8) is 0 Å². The van der Waals surface area contributed by atoms with E-state index in [2.05, 4.69) is 20.4 Å². The number of hydrogen-bond donors (Lipinski definition) is 3. The van der Waals surface area contributed by atoms with Crippen molar-refractivity contribution in [2.75, 3.05) is 6.54 Å².